The van der Waals surface area contributed by atoms with E-state index in [1.165, 1.54) is 32.1 Å². The third-order valence-corrected chi connectivity index (χ3v) is 6.47. The Bertz CT molecular complexity index is 682. The van der Waals surface area contributed by atoms with E-state index >= 15 is 0 Å². The molecule has 0 unspecified atom stereocenters. The number of hydrogen-bond donors (Lipinski definition) is 2. The van der Waals surface area contributed by atoms with E-state index in [1.54, 1.807) is 0 Å². The second kappa shape index (κ2) is 9.89. The topological polar surface area (TPSA) is 65.5 Å². The number of piperidine rings is 2. The van der Waals surface area contributed by atoms with Crippen molar-refractivity contribution in [1.82, 2.24) is 15.3 Å². The number of thiocarbonyl (C=S) groups is 1. The van der Waals surface area contributed by atoms with Crippen molar-refractivity contribution in [1.29, 1.82) is 0 Å². The van der Waals surface area contributed by atoms with Crippen molar-refractivity contribution in [2.45, 2.75) is 58.0 Å². The molecule has 0 amide bonds. The van der Waals surface area contributed by atoms with Crippen molar-refractivity contribution < 1.29 is 4.74 Å². The monoisotopic (exact) mass is 418 g/mol. The summed E-state index contributed by atoms with van der Waals surface area (Å²) >= 11 is 5.50. The molecule has 3 saturated heterocycles. The summed E-state index contributed by atoms with van der Waals surface area (Å²) in [4.78, 5) is 14.4. The molecule has 160 valence electrons. The molecule has 0 aliphatic carbocycles. The Morgan fingerprint density at radius 2 is 1.72 bits per heavy atom. The summed E-state index contributed by atoms with van der Waals surface area (Å²) in [5, 5.41) is 7.05. The predicted octanol–water partition coefficient (Wildman–Crippen LogP) is 3.17. The van der Waals surface area contributed by atoms with Crippen LogP contribution in [0.5, 0.6) is 0 Å². The van der Waals surface area contributed by atoms with Gasteiger partial charge >= 0.3 is 0 Å². The van der Waals surface area contributed by atoms with Gasteiger partial charge in [0.15, 0.2) is 5.11 Å². The molecule has 1 aromatic rings. The summed E-state index contributed by atoms with van der Waals surface area (Å²) in [5.74, 6) is 3.41. The van der Waals surface area contributed by atoms with Gasteiger partial charge in [0.1, 0.15) is 11.6 Å². The van der Waals surface area contributed by atoms with Gasteiger partial charge in [0.25, 0.3) is 0 Å². The first-order valence-electron chi connectivity index (χ1n) is 11.2. The van der Waals surface area contributed by atoms with Crippen molar-refractivity contribution in [3.05, 3.63) is 6.07 Å². The van der Waals surface area contributed by atoms with Gasteiger partial charge in [0.05, 0.1) is 6.10 Å². The maximum atomic E-state index is 5.66. The lowest BCUT2D eigenvalue weighted by atomic mass is 9.99. The molecule has 1 aromatic heterocycles. The fourth-order valence-corrected chi connectivity index (χ4v) is 4.49. The first-order valence-corrected chi connectivity index (χ1v) is 11.6. The summed E-state index contributed by atoms with van der Waals surface area (Å²) < 4.78 is 5.66. The van der Waals surface area contributed by atoms with Crippen LogP contribution in [0.25, 0.3) is 0 Å². The summed E-state index contributed by atoms with van der Waals surface area (Å²) in [7, 11) is 0. The van der Waals surface area contributed by atoms with Gasteiger partial charge in [-0.1, -0.05) is 6.92 Å². The highest BCUT2D eigenvalue weighted by molar-refractivity contribution is 7.80. The van der Waals surface area contributed by atoms with Gasteiger partial charge in [-0.05, 0) is 63.1 Å². The molecule has 7 nitrogen and oxygen atoms in total. The number of aromatic nitrogens is 2. The quantitative estimate of drug-likeness (QED) is 0.707. The normalized spacial score (nSPS) is 23.3. The lowest BCUT2D eigenvalue weighted by Gasteiger charge is -2.33. The maximum Gasteiger partial charge on any atom is 0.232 e. The molecule has 1 atom stereocenters. The number of ether oxygens (including phenoxy) is 1. The van der Waals surface area contributed by atoms with E-state index in [-0.39, 0.29) is 6.10 Å². The van der Waals surface area contributed by atoms with Gasteiger partial charge in [-0.25, -0.2) is 0 Å². The fraction of sp³-hybridized carbons (Fsp3) is 0.762. The van der Waals surface area contributed by atoms with E-state index in [1.807, 2.05) is 0 Å². The SMILES string of the molecule is CC1CCN(c2cc(N3CCCCC3)nc(NC(=S)NC[C@H]3CCCO3)n2)CC1. The molecule has 4 heterocycles. The number of nitrogens with one attached hydrogen (secondary N) is 2. The Labute approximate surface area is 179 Å². The highest BCUT2D eigenvalue weighted by atomic mass is 32.1. The van der Waals surface area contributed by atoms with Crippen LogP contribution in [0.4, 0.5) is 17.6 Å². The minimum absolute atomic E-state index is 0.251. The molecule has 0 aromatic carbocycles. The molecular weight excluding hydrogens is 384 g/mol. The van der Waals surface area contributed by atoms with Crippen LogP contribution in [-0.2, 0) is 4.74 Å². The van der Waals surface area contributed by atoms with Crippen LogP contribution in [0.3, 0.4) is 0 Å². The van der Waals surface area contributed by atoms with Crippen LogP contribution in [0.2, 0.25) is 0 Å². The minimum Gasteiger partial charge on any atom is -0.376 e. The van der Waals surface area contributed by atoms with E-state index in [0.29, 0.717) is 11.1 Å². The van der Waals surface area contributed by atoms with E-state index in [4.69, 9.17) is 26.9 Å². The lowest BCUT2D eigenvalue weighted by Crippen LogP contribution is -2.37. The van der Waals surface area contributed by atoms with Crippen molar-refractivity contribution >= 4 is 34.9 Å². The maximum absolute atomic E-state index is 5.66. The zero-order valence-electron chi connectivity index (χ0n) is 17.5. The fourth-order valence-electron chi connectivity index (χ4n) is 4.32. The first kappa shape index (κ1) is 20.6. The summed E-state index contributed by atoms with van der Waals surface area (Å²) in [6.45, 7) is 8.16. The van der Waals surface area contributed by atoms with Gasteiger partial charge in [-0.3, -0.25) is 0 Å². The Balaban J connectivity index is 1.46. The Morgan fingerprint density at radius 1 is 1.03 bits per heavy atom. The summed E-state index contributed by atoms with van der Waals surface area (Å²) in [5.41, 5.74) is 0. The number of hydrogen-bond acceptors (Lipinski definition) is 6. The highest BCUT2D eigenvalue weighted by Gasteiger charge is 2.21. The minimum atomic E-state index is 0.251. The van der Waals surface area contributed by atoms with Gasteiger partial charge in [-0.15, -0.1) is 0 Å². The zero-order chi connectivity index (χ0) is 20.1. The largest absolute Gasteiger partial charge is 0.376 e. The Kier molecular flexibility index (Phi) is 7.02. The molecule has 0 bridgehead atoms. The standard InChI is InChI=1S/C21H34N6OS/c1-16-7-11-27(12-8-16)19-14-18(26-9-3-2-4-10-26)23-20(24-19)25-21(29)22-15-17-6-5-13-28-17/h14,16-17H,2-13,15H2,1H3,(H2,22,23,24,25,29)/t17-/m1/s1. The molecule has 29 heavy (non-hydrogen) atoms. The van der Waals surface area contributed by atoms with Gasteiger partial charge in [0, 0.05) is 45.4 Å². The van der Waals surface area contributed by atoms with Crippen LogP contribution < -0.4 is 20.4 Å². The first-order chi connectivity index (χ1) is 14.2. The molecule has 0 radical (unpaired) electrons. The molecule has 3 aliphatic heterocycles. The van der Waals surface area contributed by atoms with Gasteiger partial charge in [-0.2, -0.15) is 9.97 Å². The molecular formula is C21H34N6OS. The average molecular weight is 419 g/mol. The second-order valence-corrected chi connectivity index (χ2v) is 9.00. The average Bonchev–Trinajstić information content (AvgIpc) is 3.27. The molecule has 0 saturated carbocycles. The number of rotatable bonds is 5. The zero-order valence-corrected chi connectivity index (χ0v) is 18.3. The van der Waals surface area contributed by atoms with E-state index in [0.717, 1.165) is 69.7 Å². The van der Waals surface area contributed by atoms with Crippen molar-refractivity contribution in [2.75, 3.05) is 54.4 Å². The predicted molar refractivity (Wildman–Crippen MR) is 122 cm³/mol. The molecule has 4 rings (SSSR count). The van der Waals surface area contributed by atoms with Crippen LogP contribution in [0.1, 0.15) is 51.9 Å². The van der Waals surface area contributed by atoms with Crippen molar-refractivity contribution in [3.8, 4) is 0 Å². The van der Waals surface area contributed by atoms with Crippen LogP contribution >= 0.6 is 12.2 Å². The van der Waals surface area contributed by atoms with Gasteiger partial charge in [0.2, 0.25) is 5.95 Å². The number of anilines is 3. The molecule has 3 fully saturated rings. The second-order valence-electron chi connectivity index (χ2n) is 8.60. The molecule has 3 aliphatic rings. The van der Waals surface area contributed by atoms with Crippen LogP contribution in [0.15, 0.2) is 6.07 Å². The lowest BCUT2D eigenvalue weighted by molar-refractivity contribution is 0.114. The third-order valence-electron chi connectivity index (χ3n) is 6.23. The molecule has 8 heteroatoms. The Morgan fingerprint density at radius 3 is 2.38 bits per heavy atom. The van der Waals surface area contributed by atoms with Crippen LogP contribution in [-0.4, -0.2) is 60.5 Å². The van der Waals surface area contributed by atoms with Crippen molar-refractivity contribution in [3.63, 3.8) is 0 Å². The molecule has 2 N–H and O–H groups in total. The summed E-state index contributed by atoms with van der Waals surface area (Å²) in [6, 6.07) is 2.16. The van der Waals surface area contributed by atoms with E-state index in [2.05, 4.69) is 33.4 Å². The number of nitrogens with zero attached hydrogens (tertiary/aromatic N) is 4. The van der Waals surface area contributed by atoms with Gasteiger partial charge < -0.3 is 25.2 Å². The van der Waals surface area contributed by atoms with E-state index in [9.17, 15) is 0 Å². The third kappa shape index (κ3) is 5.69. The highest BCUT2D eigenvalue weighted by Crippen LogP contribution is 2.27. The Hall–Kier alpha value is -1.67. The summed E-state index contributed by atoms with van der Waals surface area (Å²) in [6.07, 6.45) is 8.66. The smallest absolute Gasteiger partial charge is 0.232 e. The van der Waals surface area contributed by atoms with Crippen LogP contribution in [0, 0.1) is 5.92 Å². The molecule has 0 spiro atoms. The van der Waals surface area contributed by atoms with Crippen molar-refractivity contribution in [2.24, 2.45) is 5.92 Å². The van der Waals surface area contributed by atoms with E-state index < -0.39 is 0 Å².